The van der Waals surface area contributed by atoms with E-state index in [9.17, 15) is 0 Å². The van der Waals surface area contributed by atoms with Crippen molar-refractivity contribution in [3.63, 3.8) is 0 Å². The third-order valence-corrected chi connectivity index (χ3v) is 3.97. The molecule has 1 aromatic heterocycles. The lowest BCUT2D eigenvalue weighted by Crippen LogP contribution is -2.17. The average molecular weight is 317 g/mol. The lowest BCUT2D eigenvalue weighted by Gasteiger charge is -2.17. The lowest BCUT2D eigenvalue weighted by atomic mass is 9.90. The van der Waals surface area contributed by atoms with E-state index in [0.29, 0.717) is 5.92 Å². The van der Waals surface area contributed by atoms with Crippen LogP contribution in [0.2, 0.25) is 0 Å². The second-order valence-electron chi connectivity index (χ2n) is 5.37. The topological polar surface area (TPSA) is 24.9 Å². The maximum Gasteiger partial charge on any atom is 0.0696 e. The Labute approximate surface area is 144 Å². The number of allylic oxidation sites excluding steroid dienone is 2. The van der Waals surface area contributed by atoms with Gasteiger partial charge in [-0.25, -0.2) is 0 Å². The fraction of sp³-hybridized carbons (Fsp3) is 0.571. The van der Waals surface area contributed by atoms with Crippen LogP contribution in [0.15, 0.2) is 37.6 Å². The van der Waals surface area contributed by atoms with E-state index in [1.807, 2.05) is 26.1 Å². The highest BCUT2D eigenvalue weighted by Gasteiger charge is 2.21. The number of nitrogens with one attached hydrogen (secondary N) is 1. The summed E-state index contributed by atoms with van der Waals surface area (Å²) in [5.74, 6) is 0.680. The fourth-order valence-corrected chi connectivity index (χ4v) is 2.89. The van der Waals surface area contributed by atoms with Crippen LogP contribution in [0, 0.1) is 5.92 Å². The second kappa shape index (κ2) is 14.2. The smallest absolute Gasteiger partial charge is 0.0696 e. The second-order valence-corrected chi connectivity index (χ2v) is 5.37. The maximum absolute atomic E-state index is 4.58. The molecule has 0 aromatic carbocycles. The van der Waals surface area contributed by atoms with Crippen molar-refractivity contribution in [2.24, 2.45) is 5.92 Å². The van der Waals surface area contributed by atoms with Crippen LogP contribution in [0.4, 0.5) is 0 Å². The predicted octanol–water partition coefficient (Wildman–Crippen LogP) is 5.66. The summed E-state index contributed by atoms with van der Waals surface area (Å²) >= 11 is 0. The van der Waals surface area contributed by atoms with Gasteiger partial charge in [0.25, 0.3) is 0 Å². The SMILES string of the molecule is C=C.CC.CCCNCCCC(CC)C1=CCc2cccnc21. The molecule has 0 saturated carbocycles. The average Bonchev–Trinajstić information content (AvgIpc) is 3.06. The highest BCUT2D eigenvalue weighted by molar-refractivity contribution is 5.71. The standard InChI is InChI=1S/C17H26N2.C2H6.C2H4/c1-3-11-18-12-5-7-14(4-2)16-10-9-15-8-6-13-19-17(15)16;2*1-2/h6,8,10,13-14,18H,3-5,7,9,11-12H2,1-2H3;1-2H3;1-2H2. The normalized spacial score (nSPS) is 13.0. The van der Waals surface area contributed by atoms with Crippen molar-refractivity contribution in [1.82, 2.24) is 10.3 Å². The Morgan fingerprint density at radius 1 is 1.22 bits per heavy atom. The summed E-state index contributed by atoms with van der Waals surface area (Å²) in [5, 5.41) is 3.49. The minimum Gasteiger partial charge on any atom is -0.317 e. The Morgan fingerprint density at radius 3 is 2.61 bits per heavy atom. The summed E-state index contributed by atoms with van der Waals surface area (Å²) in [6.45, 7) is 16.8. The molecule has 1 aliphatic carbocycles. The van der Waals surface area contributed by atoms with Crippen LogP contribution in [0.1, 0.15) is 64.6 Å². The quantitative estimate of drug-likeness (QED) is 0.495. The van der Waals surface area contributed by atoms with E-state index in [-0.39, 0.29) is 0 Å². The first-order valence-corrected chi connectivity index (χ1v) is 9.21. The molecule has 1 aromatic rings. The van der Waals surface area contributed by atoms with Crippen molar-refractivity contribution in [3.8, 4) is 0 Å². The number of hydrogen-bond donors (Lipinski definition) is 1. The van der Waals surface area contributed by atoms with E-state index in [1.54, 1.807) is 0 Å². The molecule has 23 heavy (non-hydrogen) atoms. The van der Waals surface area contributed by atoms with E-state index >= 15 is 0 Å². The first-order chi connectivity index (χ1) is 11.4. The van der Waals surface area contributed by atoms with Gasteiger partial charge in [-0.3, -0.25) is 4.98 Å². The number of rotatable bonds is 8. The minimum absolute atomic E-state index is 0.680. The number of fused-ring (bicyclic) bond motifs is 1. The molecule has 1 aliphatic rings. The number of pyridine rings is 1. The van der Waals surface area contributed by atoms with Gasteiger partial charge in [-0.2, -0.15) is 0 Å². The zero-order valence-electron chi connectivity index (χ0n) is 15.7. The summed E-state index contributed by atoms with van der Waals surface area (Å²) < 4.78 is 0. The van der Waals surface area contributed by atoms with Gasteiger partial charge in [0.2, 0.25) is 0 Å². The zero-order chi connectivity index (χ0) is 17.5. The van der Waals surface area contributed by atoms with Gasteiger partial charge in [-0.1, -0.05) is 39.8 Å². The van der Waals surface area contributed by atoms with Crippen LogP contribution >= 0.6 is 0 Å². The van der Waals surface area contributed by atoms with Crippen molar-refractivity contribution >= 4 is 5.57 Å². The third-order valence-electron chi connectivity index (χ3n) is 3.97. The van der Waals surface area contributed by atoms with Crippen molar-refractivity contribution in [3.05, 3.63) is 48.8 Å². The Balaban J connectivity index is 0.00000112. The summed E-state index contributed by atoms with van der Waals surface area (Å²) in [6, 6.07) is 4.26. The molecule has 2 heteroatoms. The van der Waals surface area contributed by atoms with Crippen molar-refractivity contribution < 1.29 is 0 Å². The summed E-state index contributed by atoms with van der Waals surface area (Å²) in [6.07, 6.45) is 10.4. The first kappa shape index (κ1) is 21.6. The molecule has 0 amide bonds. The molecule has 0 bridgehead atoms. The molecule has 130 valence electrons. The van der Waals surface area contributed by atoms with Gasteiger partial charge in [-0.05, 0) is 68.3 Å². The van der Waals surface area contributed by atoms with Crippen LogP contribution in [0.25, 0.3) is 5.57 Å². The van der Waals surface area contributed by atoms with Gasteiger partial charge in [-0.15, -0.1) is 13.2 Å². The largest absolute Gasteiger partial charge is 0.317 e. The van der Waals surface area contributed by atoms with E-state index in [4.69, 9.17) is 0 Å². The molecule has 2 rings (SSSR count). The predicted molar refractivity (Wildman–Crippen MR) is 105 cm³/mol. The molecular formula is C21H36N2. The molecule has 1 atom stereocenters. The van der Waals surface area contributed by atoms with E-state index in [1.165, 1.54) is 42.5 Å². The first-order valence-electron chi connectivity index (χ1n) is 9.21. The highest BCUT2D eigenvalue weighted by Crippen LogP contribution is 2.35. The zero-order valence-corrected chi connectivity index (χ0v) is 15.7. The summed E-state index contributed by atoms with van der Waals surface area (Å²) in [5.41, 5.74) is 4.16. The molecule has 1 N–H and O–H groups in total. The van der Waals surface area contributed by atoms with Crippen LogP contribution < -0.4 is 5.32 Å². The Hall–Kier alpha value is -1.41. The fourth-order valence-electron chi connectivity index (χ4n) is 2.89. The molecule has 0 radical (unpaired) electrons. The number of hydrogen-bond acceptors (Lipinski definition) is 2. The van der Waals surface area contributed by atoms with Crippen molar-refractivity contribution in [2.75, 3.05) is 13.1 Å². The Bertz CT molecular complexity index is 437. The van der Waals surface area contributed by atoms with Crippen LogP contribution in [0.3, 0.4) is 0 Å². The van der Waals surface area contributed by atoms with E-state index in [0.717, 1.165) is 19.5 Å². The van der Waals surface area contributed by atoms with E-state index < -0.39 is 0 Å². The molecule has 0 aliphatic heterocycles. The summed E-state index contributed by atoms with van der Waals surface area (Å²) in [7, 11) is 0. The third kappa shape index (κ3) is 7.13. The molecule has 0 spiro atoms. The molecule has 1 heterocycles. The molecular weight excluding hydrogens is 280 g/mol. The molecule has 0 saturated heterocycles. The van der Waals surface area contributed by atoms with Gasteiger partial charge in [0.1, 0.15) is 0 Å². The lowest BCUT2D eigenvalue weighted by molar-refractivity contribution is 0.531. The van der Waals surface area contributed by atoms with Crippen molar-refractivity contribution in [1.29, 1.82) is 0 Å². The van der Waals surface area contributed by atoms with Gasteiger partial charge < -0.3 is 5.32 Å². The van der Waals surface area contributed by atoms with Gasteiger partial charge in [0, 0.05) is 6.20 Å². The highest BCUT2D eigenvalue weighted by atomic mass is 14.8. The van der Waals surface area contributed by atoms with Crippen molar-refractivity contribution in [2.45, 2.75) is 59.8 Å². The molecule has 2 nitrogen and oxygen atoms in total. The van der Waals surface area contributed by atoms with Crippen LogP contribution in [-0.2, 0) is 6.42 Å². The van der Waals surface area contributed by atoms with Gasteiger partial charge >= 0.3 is 0 Å². The summed E-state index contributed by atoms with van der Waals surface area (Å²) in [4.78, 5) is 4.58. The van der Waals surface area contributed by atoms with Crippen LogP contribution in [0.5, 0.6) is 0 Å². The molecule has 0 fully saturated rings. The Kier molecular flexibility index (Phi) is 13.3. The van der Waals surface area contributed by atoms with Gasteiger partial charge in [0.15, 0.2) is 0 Å². The minimum atomic E-state index is 0.680. The van der Waals surface area contributed by atoms with E-state index in [2.05, 4.69) is 49.4 Å². The molecule has 1 unspecified atom stereocenters. The number of aromatic nitrogens is 1. The monoisotopic (exact) mass is 316 g/mol. The van der Waals surface area contributed by atoms with Gasteiger partial charge in [0.05, 0.1) is 5.69 Å². The maximum atomic E-state index is 4.58. The number of nitrogens with zero attached hydrogens (tertiary/aromatic N) is 1. The van der Waals surface area contributed by atoms with Crippen LogP contribution in [-0.4, -0.2) is 18.1 Å². The Morgan fingerprint density at radius 2 is 1.96 bits per heavy atom.